The van der Waals surface area contributed by atoms with E-state index in [-0.39, 0.29) is 0 Å². The van der Waals surface area contributed by atoms with Crippen LogP contribution in [0, 0.1) is 23.7 Å². The van der Waals surface area contributed by atoms with Gasteiger partial charge in [-0.25, -0.2) is 0 Å². The van der Waals surface area contributed by atoms with E-state index in [1.165, 1.54) is 19.3 Å². The van der Waals surface area contributed by atoms with E-state index in [1.807, 2.05) is 0 Å². The molecule has 13 heavy (non-hydrogen) atoms. The molecule has 0 aliphatic heterocycles. The van der Waals surface area contributed by atoms with Crippen molar-refractivity contribution in [3.63, 3.8) is 0 Å². The fourth-order valence-corrected chi connectivity index (χ4v) is 1.02. The van der Waals surface area contributed by atoms with Crippen LogP contribution in [-0.4, -0.2) is 0 Å². The van der Waals surface area contributed by atoms with Crippen LogP contribution in [0.4, 0.5) is 0 Å². The topological polar surface area (TPSA) is 0 Å². The SMILES string of the molecule is CCCCCC#CCC(C)C(C)C. The van der Waals surface area contributed by atoms with Crippen molar-refractivity contribution in [3.05, 3.63) is 0 Å². The van der Waals surface area contributed by atoms with E-state index in [0.717, 1.165) is 24.7 Å². The molecular formula is C13H24. The molecule has 0 spiro atoms. The summed E-state index contributed by atoms with van der Waals surface area (Å²) < 4.78 is 0. The van der Waals surface area contributed by atoms with Crippen molar-refractivity contribution < 1.29 is 0 Å². The number of hydrogen-bond acceptors (Lipinski definition) is 0. The maximum Gasteiger partial charge on any atom is 0.0117 e. The molecule has 0 fully saturated rings. The quantitative estimate of drug-likeness (QED) is 0.438. The van der Waals surface area contributed by atoms with Crippen molar-refractivity contribution in [2.75, 3.05) is 0 Å². The van der Waals surface area contributed by atoms with E-state index in [1.54, 1.807) is 0 Å². The third-order valence-corrected chi connectivity index (χ3v) is 2.59. The van der Waals surface area contributed by atoms with Crippen molar-refractivity contribution >= 4 is 0 Å². The first kappa shape index (κ1) is 12.6. The van der Waals surface area contributed by atoms with Gasteiger partial charge in [0.1, 0.15) is 0 Å². The molecule has 1 unspecified atom stereocenters. The molecule has 76 valence electrons. The highest BCUT2D eigenvalue weighted by molar-refractivity contribution is 4.99. The molecule has 0 rings (SSSR count). The largest absolute Gasteiger partial charge is 0.103 e. The molecule has 0 aromatic carbocycles. The van der Waals surface area contributed by atoms with Gasteiger partial charge in [0.2, 0.25) is 0 Å². The Hall–Kier alpha value is -0.440. The van der Waals surface area contributed by atoms with Crippen LogP contribution in [0.2, 0.25) is 0 Å². The lowest BCUT2D eigenvalue weighted by atomic mass is 9.95. The van der Waals surface area contributed by atoms with Crippen molar-refractivity contribution in [2.45, 2.75) is 59.8 Å². The smallest absolute Gasteiger partial charge is 0.0117 e. The van der Waals surface area contributed by atoms with Gasteiger partial charge in [-0.15, -0.1) is 11.8 Å². The lowest BCUT2D eigenvalue weighted by Crippen LogP contribution is -2.01. The summed E-state index contributed by atoms with van der Waals surface area (Å²) in [4.78, 5) is 0. The van der Waals surface area contributed by atoms with Gasteiger partial charge >= 0.3 is 0 Å². The normalized spacial score (nSPS) is 12.4. The summed E-state index contributed by atoms with van der Waals surface area (Å²) in [6, 6.07) is 0. The third kappa shape index (κ3) is 7.91. The van der Waals surface area contributed by atoms with E-state index in [4.69, 9.17) is 0 Å². The molecule has 0 aromatic rings. The highest BCUT2D eigenvalue weighted by Gasteiger charge is 2.03. The molecule has 0 heteroatoms. The molecule has 0 N–H and O–H groups in total. The van der Waals surface area contributed by atoms with Gasteiger partial charge in [-0.1, -0.05) is 40.5 Å². The lowest BCUT2D eigenvalue weighted by Gasteiger charge is -2.10. The van der Waals surface area contributed by atoms with Gasteiger partial charge in [0, 0.05) is 12.8 Å². The maximum absolute atomic E-state index is 3.28. The van der Waals surface area contributed by atoms with E-state index in [9.17, 15) is 0 Å². The molecule has 0 amide bonds. The van der Waals surface area contributed by atoms with Crippen LogP contribution in [0.25, 0.3) is 0 Å². The summed E-state index contributed by atoms with van der Waals surface area (Å²) >= 11 is 0. The summed E-state index contributed by atoms with van der Waals surface area (Å²) in [7, 11) is 0. The Morgan fingerprint density at radius 3 is 2.23 bits per heavy atom. The number of unbranched alkanes of at least 4 members (excludes halogenated alkanes) is 3. The van der Waals surface area contributed by atoms with Gasteiger partial charge in [0.05, 0.1) is 0 Å². The third-order valence-electron chi connectivity index (χ3n) is 2.59. The zero-order chi connectivity index (χ0) is 10.1. The molecule has 1 atom stereocenters. The van der Waals surface area contributed by atoms with Gasteiger partial charge in [0.15, 0.2) is 0 Å². The molecule has 0 bridgehead atoms. The molecular weight excluding hydrogens is 156 g/mol. The summed E-state index contributed by atoms with van der Waals surface area (Å²) in [5, 5.41) is 0. The predicted molar refractivity (Wildman–Crippen MR) is 60.5 cm³/mol. The first-order valence-corrected chi connectivity index (χ1v) is 5.64. The molecule has 0 heterocycles. The minimum atomic E-state index is 0.749. The Morgan fingerprint density at radius 1 is 1.00 bits per heavy atom. The summed E-state index contributed by atoms with van der Waals surface area (Å²) in [5.41, 5.74) is 0. The zero-order valence-electron chi connectivity index (χ0n) is 9.69. The molecule has 0 saturated heterocycles. The van der Waals surface area contributed by atoms with Crippen molar-refractivity contribution in [3.8, 4) is 11.8 Å². The minimum Gasteiger partial charge on any atom is -0.103 e. The standard InChI is InChI=1S/C13H24/c1-5-6-7-8-9-10-11-13(4)12(2)3/h12-13H,5-8,11H2,1-4H3. The van der Waals surface area contributed by atoms with Gasteiger partial charge in [-0.2, -0.15) is 0 Å². The number of hydrogen-bond donors (Lipinski definition) is 0. The molecule has 0 aliphatic rings. The van der Waals surface area contributed by atoms with Gasteiger partial charge in [0.25, 0.3) is 0 Å². The van der Waals surface area contributed by atoms with Crippen molar-refractivity contribution in [1.82, 2.24) is 0 Å². The van der Waals surface area contributed by atoms with Gasteiger partial charge in [-0.05, 0) is 18.3 Å². The van der Waals surface area contributed by atoms with E-state index in [0.29, 0.717) is 0 Å². The van der Waals surface area contributed by atoms with Crippen molar-refractivity contribution in [2.24, 2.45) is 11.8 Å². The molecule has 0 saturated carbocycles. The second kappa shape index (κ2) is 8.17. The van der Waals surface area contributed by atoms with Crippen LogP contribution < -0.4 is 0 Å². The Bertz CT molecular complexity index is 157. The van der Waals surface area contributed by atoms with E-state index < -0.39 is 0 Å². The summed E-state index contributed by atoms with van der Waals surface area (Å²) in [5.74, 6) is 8.05. The van der Waals surface area contributed by atoms with Crippen LogP contribution in [0.1, 0.15) is 59.8 Å². The highest BCUT2D eigenvalue weighted by Crippen LogP contribution is 2.12. The average molecular weight is 180 g/mol. The Morgan fingerprint density at radius 2 is 1.69 bits per heavy atom. The fraction of sp³-hybridized carbons (Fsp3) is 0.846. The molecule has 0 aromatic heterocycles. The molecule has 0 nitrogen and oxygen atoms in total. The lowest BCUT2D eigenvalue weighted by molar-refractivity contribution is 0.429. The van der Waals surface area contributed by atoms with Crippen LogP contribution >= 0.6 is 0 Å². The van der Waals surface area contributed by atoms with E-state index >= 15 is 0 Å². The Labute approximate surface area is 84.1 Å². The number of rotatable bonds is 5. The van der Waals surface area contributed by atoms with Crippen LogP contribution in [-0.2, 0) is 0 Å². The predicted octanol–water partition coefficient (Wildman–Crippen LogP) is 4.25. The first-order valence-electron chi connectivity index (χ1n) is 5.64. The highest BCUT2D eigenvalue weighted by atomic mass is 14.1. The maximum atomic E-state index is 3.28. The second-order valence-corrected chi connectivity index (χ2v) is 4.24. The fourth-order valence-electron chi connectivity index (χ4n) is 1.02. The van der Waals surface area contributed by atoms with Gasteiger partial charge < -0.3 is 0 Å². The summed E-state index contributed by atoms with van der Waals surface area (Å²) in [6.45, 7) is 9.05. The Balaban J connectivity index is 3.39. The van der Waals surface area contributed by atoms with E-state index in [2.05, 4.69) is 39.5 Å². The average Bonchev–Trinajstić information content (AvgIpc) is 2.10. The Kier molecular flexibility index (Phi) is 7.90. The zero-order valence-corrected chi connectivity index (χ0v) is 9.69. The monoisotopic (exact) mass is 180 g/mol. The summed E-state index contributed by atoms with van der Waals surface area (Å²) in [6.07, 6.45) is 6.07. The van der Waals surface area contributed by atoms with Crippen LogP contribution in [0.3, 0.4) is 0 Å². The minimum absolute atomic E-state index is 0.749. The van der Waals surface area contributed by atoms with Gasteiger partial charge in [-0.3, -0.25) is 0 Å². The van der Waals surface area contributed by atoms with Crippen molar-refractivity contribution in [1.29, 1.82) is 0 Å². The molecule has 0 radical (unpaired) electrons. The first-order chi connectivity index (χ1) is 6.18. The van der Waals surface area contributed by atoms with Crippen LogP contribution in [0.15, 0.2) is 0 Å². The molecule has 0 aliphatic carbocycles. The van der Waals surface area contributed by atoms with Crippen LogP contribution in [0.5, 0.6) is 0 Å². The second-order valence-electron chi connectivity index (χ2n) is 4.24.